The molecule has 6 nitrogen and oxygen atoms in total. The molecule has 1 aromatic rings. The van der Waals surface area contributed by atoms with Crippen molar-refractivity contribution in [1.82, 2.24) is 14.9 Å². The van der Waals surface area contributed by atoms with E-state index in [2.05, 4.69) is 26.7 Å². The van der Waals surface area contributed by atoms with Gasteiger partial charge in [-0.3, -0.25) is 4.90 Å². The Labute approximate surface area is 120 Å². The summed E-state index contributed by atoms with van der Waals surface area (Å²) in [6.45, 7) is 11.5. The molecule has 0 aliphatic carbocycles. The number of ether oxygens (including phenoxy) is 1. The summed E-state index contributed by atoms with van der Waals surface area (Å²) >= 11 is 0. The molecule has 1 fully saturated rings. The molecule has 2 rings (SSSR count). The molecular weight excluding hydrogens is 254 g/mol. The van der Waals surface area contributed by atoms with Crippen LogP contribution in [0.2, 0.25) is 0 Å². The van der Waals surface area contributed by atoms with Crippen molar-refractivity contribution in [3.05, 3.63) is 11.9 Å². The van der Waals surface area contributed by atoms with E-state index in [1.54, 1.807) is 6.33 Å². The summed E-state index contributed by atoms with van der Waals surface area (Å²) in [7, 11) is 0. The Hall–Kier alpha value is -1.40. The van der Waals surface area contributed by atoms with Crippen LogP contribution in [0.3, 0.4) is 0 Å². The molecule has 6 heteroatoms. The van der Waals surface area contributed by atoms with E-state index in [-0.39, 0.29) is 0 Å². The highest BCUT2D eigenvalue weighted by molar-refractivity contribution is 5.50. The molecule has 1 atom stereocenters. The van der Waals surface area contributed by atoms with E-state index in [0.29, 0.717) is 25.1 Å². The molecule has 2 N–H and O–H groups in total. The fourth-order valence-electron chi connectivity index (χ4n) is 2.55. The number of hydrogen-bond acceptors (Lipinski definition) is 6. The van der Waals surface area contributed by atoms with E-state index >= 15 is 0 Å². The lowest BCUT2D eigenvalue weighted by Crippen LogP contribution is -2.51. The predicted octanol–water partition coefficient (Wildman–Crippen LogP) is 0.653. The van der Waals surface area contributed by atoms with E-state index in [9.17, 15) is 0 Å². The first-order chi connectivity index (χ1) is 9.67. The van der Waals surface area contributed by atoms with Gasteiger partial charge in [-0.15, -0.1) is 0 Å². The van der Waals surface area contributed by atoms with E-state index in [0.717, 1.165) is 37.6 Å². The van der Waals surface area contributed by atoms with Crippen LogP contribution in [0.1, 0.15) is 19.4 Å². The maximum absolute atomic E-state index is 5.73. The SMILES string of the molecule is CCOc1ncnc(N2CCN(C(C)CN)CC2)c1C. The first-order valence-corrected chi connectivity index (χ1v) is 7.30. The summed E-state index contributed by atoms with van der Waals surface area (Å²) in [6.07, 6.45) is 1.59. The Kier molecular flexibility index (Phi) is 5.14. The number of anilines is 1. The van der Waals surface area contributed by atoms with Gasteiger partial charge >= 0.3 is 0 Å². The van der Waals surface area contributed by atoms with Crippen molar-refractivity contribution in [3.8, 4) is 5.88 Å². The van der Waals surface area contributed by atoms with Gasteiger partial charge in [-0.25, -0.2) is 9.97 Å². The second-order valence-corrected chi connectivity index (χ2v) is 5.17. The van der Waals surface area contributed by atoms with Gasteiger partial charge in [-0.1, -0.05) is 0 Å². The highest BCUT2D eigenvalue weighted by Gasteiger charge is 2.23. The van der Waals surface area contributed by atoms with Crippen molar-refractivity contribution in [2.24, 2.45) is 5.73 Å². The molecule has 0 saturated carbocycles. The van der Waals surface area contributed by atoms with Crippen molar-refractivity contribution in [1.29, 1.82) is 0 Å². The third-order valence-corrected chi connectivity index (χ3v) is 3.87. The van der Waals surface area contributed by atoms with Crippen LogP contribution in [0, 0.1) is 6.92 Å². The van der Waals surface area contributed by atoms with Crippen LogP contribution < -0.4 is 15.4 Å². The zero-order chi connectivity index (χ0) is 14.5. The highest BCUT2D eigenvalue weighted by Crippen LogP contribution is 2.24. The molecule has 1 saturated heterocycles. The van der Waals surface area contributed by atoms with Crippen LogP contribution in [0.5, 0.6) is 5.88 Å². The second-order valence-electron chi connectivity index (χ2n) is 5.17. The van der Waals surface area contributed by atoms with Crippen molar-refractivity contribution in [2.45, 2.75) is 26.8 Å². The Morgan fingerprint density at radius 1 is 1.30 bits per heavy atom. The number of piperazine rings is 1. The molecule has 2 heterocycles. The average Bonchev–Trinajstić information content (AvgIpc) is 2.49. The first-order valence-electron chi connectivity index (χ1n) is 7.30. The Morgan fingerprint density at radius 2 is 2.00 bits per heavy atom. The van der Waals surface area contributed by atoms with Crippen LogP contribution >= 0.6 is 0 Å². The topological polar surface area (TPSA) is 67.5 Å². The smallest absolute Gasteiger partial charge is 0.221 e. The Morgan fingerprint density at radius 3 is 2.60 bits per heavy atom. The van der Waals surface area contributed by atoms with E-state index in [4.69, 9.17) is 10.5 Å². The summed E-state index contributed by atoms with van der Waals surface area (Å²) in [5.74, 6) is 1.68. The molecule has 0 spiro atoms. The zero-order valence-corrected chi connectivity index (χ0v) is 12.7. The first kappa shape index (κ1) is 15.0. The molecular formula is C14H25N5O. The number of aromatic nitrogens is 2. The van der Waals surface area contributed by atoms with E-state index in [1.165, 1.54) is 0 Å². The molecule has 1 aliphatic heterocycles. The van der Waals surface area contributed by atoms with Gasteiger partial charge in [-0.2, -0.15) is 0 Å². The summed E-state index contributed by atoms with van der Waals surface area (Å²) in [5.41, 5.74) is 6.76. The average molecular weight is 279 g/mol. The third kappa shape index (κ3) is 3.19. The Balaban J connectivity index is 2.05. The summed E-state index contributed by atoms with van der Waals surface area (Å²) in [5, 5.41) is 0. The van der Waals surface area contributed by atoms with E-state index in [1.807, 2.05) is 13.8 Å². The van der Waals surface area contributed by atoms with Crippen molar-refractivity contribution in [3.63, 3.8) is 0 Å². The second kappa shape index (κ2) is 6.85. The van der Waals surface area contributed by atoms with Crippen LogP contribution in [0.15, 0.2) is 6.33 Å². The molecule has 0 bridgehead atoms. The summed E-state index contributed by atoms with van der Waals surface area (Å²) in [4.78, 5) is 13.4. The molecule has 1 aliphatic rings. The lowest BCUT2D eigenvalue weighted by molar-refractivity contribution is 0.201. The minimum Gasteiger partial charge on any atom is -0.478 e. The molecule has 0 radical (unpaired) electrons. The van der Waals surface area contributed by atoms with Gasteiger partial charge in [-0.05, 0) is 20.8 Å². The fourth-order valence-corrected chi connectivity index (χ4v) is 2.55. The maximum Gasteiger partial charge on any atom is 0.221 e. The van der Waals surface area contributed by atoms with Gasteiger partial charge in [0, 0.05) is 38.8 Å². The van der Waals surface area contributed by atoms with Crippen molar-refractivity contribution in [2.75, 3.05) is 44.2 Å². The fraction of sp³-hybridized carbons (Fsp3) is 0.714. The molecule has 0 aromatic carbocycles. The summed E-state index contributed by atoms with van der Waals surface area (Å²) < 4.78 is 5.54. The zero-order valence-electron chi connectivity index (χ0n) is 12.7. The minimum absolute atomic E-state index is 0.447. The standard InChI is InChI=1S/C14H25N5O/c1-4-20-14-12(3)13(16-10-17-14)19-7-5-18(6-8-19)11(2)9-15/h10-11H,4-9,15H2,1-3H3. The normalized spacial score (nSPS) is 18.1. The molecule has 0 amide bonds. The molecule has 20 heavy (non-hydrogen) atoms. The molecule has 112 valence electrons. The van der Waals surface area contributed by atoms with Crippen LogP contribution in [-0.2, 0) is 0 Å². The van der Waals surface area contributed by atoms with Crippen molar-refractivity contribution >= 4 is 5.82 Å². The van der Waals surface area contributed by atoms with Gasteiger partial charge in [0.15, 0.2) is 0 Å². The highest BCUT2D eigenvalue weighted by atomic mass is 16.5. The minimum atomic E-state index is 0.447. The molecule has 1 aromatic heterocycles. The number of rotatable bonds is 5. The van der Waals surface area contributed by atoms with Crippen LogP contribution in [0.25, 0.3) is 0 Å². The van der Waals surface area contributed by atoms with Gasteiger partial charge in [0.25, 0.3) is 0 Å². The summed E-state index contributed by atoms with van der Waals surface area (Å²) in [6, 6.07) is 0.447. The third-order valence-electron chi connectivity index (χ3n) is 3.87. The van der Waals surface area contributed by atoms with Crippen LogP contribution in [-0.4, -0.2) is 60.2 Å². The number of nitrogens with two attached hydrogens (primary N) is 1. The quantitative estimate of drug-likeness (QED) is 0.854. The number of hydrogen-bond donors (Lipinski definition) is 1. The lowest BCUT2D eigenvalue weighted by Gasteiger charge is -2.38. The van der Waals surface area contributed by atoms with Crippen molar-refractivity contribution < 1.29 is 4.74 Å². The largest absolute Gasteiger partial charge is 0.478 e. The van der Waals surface area contributed by atoms with Gasteiger partial charge < -0.3 is 15.4 Å². The predicted molar refractivity (Wildman–Crippen MR) is 80.2 cm³/mol. The monoisotopic (exact) mass is 279 g/mol. The van der Waals surface area contributed by atoms with E-state index < -0.39 is 0 Å². The van der Waals surface area contributed by atoms with Crippen LogP contribution in [0.4, 0.5) is 5.82 Å². The molecule has 1 unspecified atom stereocenters. The Bertz CT molecular complexity index is 432. The van der Waals surface area contributed by atoms with Gasteiger partial charge in [0.05, 0.1) is 12.2 Å². The number of nitrogens with zero attached hydrogens (tertiary/aromatic N) is 4. The van der Waals surface area contributed by atoms with Gasteiger partial charge in [0.1, 0.15) is 12.1 Å². The lowest BCUT2D eigenvalue weighted by atomic mass is 10.2. The maximum atomic E-state index is 5.73. The van der Waals surface area contributed by atoms with Gasteiger partial charge in [0.2, 0.25) is 5.88 Å².